The maximum absolute atomic E-state index is 5.85. The van der Waals surface area contributed by atoms with Gasteiger partial charge in [0.15, 0.2) is 0 Å². The molecule has 1 rings (SSSR count). The van der Waals surface area contributed by atoms with E-state index in [2.05, 4.69) is 19.1 Å². The van der Waals surface area contributed by atoms with Crippen LogP contribution in [0.25, 0.3) is 0 Å². The molecule has 0 nitrogen and oxygen atoms in total. The third-order valence-corrected chi connectivity index (χ3v) is 5.17. The Morgan fingerprint density at radius 2 is 1.69 bits per heavy atom. The third kappa shape index (κ3) is 6.58. The molecule has 0 fully saturated rings. The van der Waals surface area contributed by atoms with Crippen molar-refractivity contribution in [3.05, 3.63) is 34.9 Å². The van der Waals surface area contributed by atoms with Gasteiger partial charge in [0.05, 0.1) is 0 Å². The minimum atomic E-state index is 0.778. The summed E-state index contributed by atoms with van der Waals surface area (Å²) in [5.74, 6) is 0. The molecule has 2 heteroatoms. The molecule has 1 aromatic rings. The normalized spacial score (nSPS) is 10.6. The molecule has 16 heavy (non-hydrogen) atoms. The number of benzene rings is 1. The fraction of sp³-hybridized carbons (Fsp3) is 0.571. The van der Waals surface area contributed by atoms with E-state index in [9.17, 15) is 0 Å². The van der Waals surface area contributed by atoms with Crippen LogP contribution >= 0.6 is 11.6 Å². The monoisotopic (exact) mass is 304 g/mol. The second-order valence-corrected chi connectivity index (χ2v) is 6.85. The van der Waals surface area contributed by atoms with Crippen LogP contribution in [0, 0.1) is 0 Å². The average molecular weight is 304 g/mol. The zero-order chi connectivity index (χ0) is 11.6. The van der Waals surface area contributed by atoms with Crippen molar-refractivity contribution >= 4 is 26.6 Å². The van der Waals surface area contributed by atoms with Crippen LogP contribution in [0.3, 0.4) is 0 Å². The molecule has 0 spiro atoms. The van der Waals surface area contributed by atoms with Crippen molar-refractivity contribution in [2.45, 2.75) is 49.7 Å². The molecule has 0 aliphatic carbocycles. The number of unbranched alkanes of at least 4 members (excludes halogenated alkanes) is 4. The van der Waals surface area contributed by atoms with Gasteiger partial charge in [0.1, 0.15) is 0 Å². The van der Waals surface area contributed by atoms with E-state index in [1.807, 2.05) is 12.1 Å². The van der Waals surface area contributed by atoms with Crippen LogP contribution in [0.2, 0.25) is 10.3 Å². The summed E-state index contributed by atoms with van der Waals surface area (Å²) in [5.41, 5.74) is 1.44. The first kappa shape index (κ1) is 14.1. The SMILES string of the molecule is CCCCCCC[Se]Cc1ccc(Cl)cc1. The van der Waals surface area contributed by atoms with Gasteiger partial charge in [0.2, 0.25) is 0 Å². The quantitative estimate of drug-likeness (QED) is 0.472. The molecule has 0 N–H and O–H groups in total. The molecule has 0 aliphatic heterocycles. The van der Waals surface area contributed by atoms with Crippen molar-refractivity contribution in [3.8, 4) is 0 Å². The van der Waals surface area contributed by atoms with E-state index in [-0.39, 0.29) is 0 Å². The molecule has 0 saturated heterocycles. The third-order valence-electron chi connectivity index (χ3n) is 2.57. The Kier molecular flexibility index (Phi) is 8.02. The molecule has 0 heterocycles. The minimum absolute atomic E-state index is 0.778. The number of hydrogen-bond donors (Lipinski definition) is 0. The Bertz CT molecular complexity index is 269. The Hall–Kier alpha value is 0.0295. The molecule has 0 atom stereocenters. The molecule has 90 valence electrons. The van der Waals surface area contributed by atoms with Gasteiger partial charge in [-0.05, 0) is 0 Å². The molecule has 1 aromatic carbocycles. The summed E-state index contributed by atoms with van der Waals surface area (Å²) in [6.45, 7) is 2.27. The Morgan fingerprint density at radius 1 is 1.00 bits per heavy atom. The number of hydrogen-bond acceptors (Lipinski definition) is 0. The van der Waals surface area contributed by atoms with Crippen LogP contribution in [0.15, 0.2) is 24.3 Å². The summed E-state index contributed by atoms with van der Waals surface area (Å²) in [6, 6.07) is 8.30. The first-order chi connectivity index (χ1) is 7.83. The van der Waals surface area contributed by atoms with Gasteiger partial charge in [-0.3, -0.25) is 0 Å². The van der Waals surface area contributed by atoms with Crippen LogP contribution in [0.1, 0.15) is 44.6 Å². The molecule has 0 bridgehead atoms. The molecule has 0 amide bonds. The average Bonchev–Trinajstić information content (AvgIpc) is 2.30. The van der Waals surface area contributed by atoms with Gasteiger partial charge in [0, 0.05) is 0 Å². The Labute approximate surface area is 111 Å². The molecule has 0 saturated carbocycles. The zero-order valence-corrected chi connectivity index (χ0v) is 12.5. The first-order valence-electron chi connectivity index (χ1n) is 6.15. The summed E-state index contributed by atoms with van der Waals surface area (Å²) in [7, 11) is 0. The fourth-order valence-electron chi connectivity index (χ4n) is 1.58. The summed E-state index contributed by atoms with van der Waals surface area (Å²) in [4.78, 5) is 0. The van der Waals surface area contributed by atoms with Crippen LogP contribution in [-0.2, 0) is 5.32 Å². The summed E-state index contributed by atoms with van der Waals surface area (Å²) in [6.07, 6.45) is 7.03. The standard InChI is InChI=1S/C14H21ClSe/c1-2-3-4-5-6-11-16-12-13-7-9-14(15)10-8-13/h7-10H,2-6,11-12H2,1H3. The summed E-state index contributed by atoms with van der Waals surface area (Å²) >= 11 is 6.63. The summed E-state index contributed by atoms with van der Waals surface area (Å²) < 4.78 is 0. The predicted octanol–water partition coefficient (Wildman–Crippen LogP) is 4.93. The van der Waals surface area contributed by atoms with Crippen molar-refractivity contribution in [2.24, 2.45) is 0 Å². The van der Waals surface area contributed by atoms with Crippen molar-refractivity contribution in [1.82, 2.24) is 0 Å². The topological polar surface area (TPSA) is 0 Å². The molecular formula is C14H21ClSe. The maximum atomic E-state index is 5.85. The van der Waals surface area contributed by atoms with Gasteiger partial charge in [-0.25, -0.2) is 0 Å². The van der Waals surface area contributed by atoms with E-state index in [0.29, 0.717) is 0 Å². The van der Waals surface area contributed by atoms with Gasteiger partial charge >= 0.3 is 111 Å². The Balaban J connectivity index is 2.01. The second-order valence-electron chi connectivity index (χ2n) is 4.09. The van der Waals surface area contributed by atoms with E-state index < -0.39 is 0 Å². The van der Waals surface area contributed by atoms with Crippen LogP contribution in [0.5, 0.6) is 0 Å². The molecule has 0 aliphatic rings. The van der Waals surface area contributed by atoms with Crippen LogP contribution < -0.4 is 0 Å². The van der Waals surface area contributed by atoms with Gasteiger partial charge in [0.25, 0.3) is 0 Å². The van der Waals surface area contributed by atoms with Crippen LogP contribution in [0.4, 0.5) is 0 Å². The van der Waals surface area contributed by atoms with Crippen molar-refractivity contribution < 1.29 is 0 Å². The van der Waals surface area contributed by atoms with E-state index in [1.165, 1.54) is 48.3 Å². The van der Waals surface area contributed by atoms with E-state index in [4.69, 9.17) is 11.6 Å². The number of halogens is 1. The fourth-order valence-corrected chi connectivity index (χ4v) is 3.76. The predicted molar refractivity (Wildman–Crippen MR) is 74.5 cm³/mol. The van der Waals surface area contributed by atoms with E-state index in [1.54, 1.807) is 0 Å². The Morgan fingerprint density at radius 3 is 2.38 bits per heavy atom. The zero-order valence-electron chi connectivity index (χ0n) is 10.0. The molecule has 0 aromatic heterocycles. The molecular weight excluding hydrogens is 283 g/mol. The van der Waals surface area contributed by atoms with Crippen LogP contribution in [-0.4, -0.2) is 15.0 Å². The van der Waals surface area contributed by atoms with Crippen molar-refractivity contribution in [1.29, 1.82) is 0 Å². The van der Waals surface area contributed by atoms with Crippen molar-refractivity contribution in [3.63, 3.8) is 0 Å². The second kappa shape index (κ2) is 9.10. The summed E-state index contributed by atoms with van der Waals surface area (Å²) in [5, 5.41) is 3.54. The van der Waals surface area contributed by atoms with Gasteiger partial charge in [-0.1, -0.05) is 0 Å². The first-order valence-corrected chi connectivity index (χ1v) is 8.95. The molecule has 0 unspecified atom stereocenters. The van der Waals surface area contributed by atoms with E-state index in [0.717, 1.165) is 20.0 Å². The molecule has 0 radical (unpaired) electrons. The number of rotatable bonds is 8. The van der Waals surface area contributed by atoms with Gasteiger partial charge in [-0.2, -0.15) is 0 Å². The van der Waals surface area contributed by atoms with Gasteiger partial charge in [-0.15, -0.1) is 0 Å². The van der Waals surface area contributed by atoms with Crippen molar-refractivity contribution in [2.75, 3.05) is 0 Å². The van der Waals surface area contributed by atoms with E-state index >= 15 is 0 Å². The van der Waals surface area contributed by atoms with Gasteiger partial charge < -0.3 is 0 Å².